The van der Waals surface area contributed by atoms with Gasteiger partial charge in [-0.3, -0.25) is 0 Å². The van der Waals surface area contributed by atoms with E-state index in [1.54, 1.807) is 43.5 Å². The fraction of sp³-hybridized carbons (Fsp3) is 0.0400. The van der Waals surface area contributed by atoms with Crippen LogP contribution in [0.5, 0.6) is 11.5 Å². The number of fused-ring (bicyclic) bond motifs is 4. The van der Waals surface area contributed by atoms with Gasteiger partial charge in [-0.15, -0.1) is 0 Å². The topological polar surface area (TPSA) is 116 Å². The molecule has 8 nitrogen and oxygen atoms in total. The molecule has 2 heterocycles. The lowest BCUT2D eigenvalue weighted by Crippen LogP contribution is -1.96. The summed E-state index contributed by atoms with van der Waals surface area (Å²) in [6.07, 6.45) is 0. The number of phenols is 1. The lowest BCUT2D eigenvalue weighted by atomic mass is 10.0. The van der Waals surface area contributed by atoms with Crippen molar-refractivity contribution in [2.24, 2.45) is 0 Å². The largest absolute Gasteiger partial charge is 0.508 e. The molecule has 0 spiro atoms. The average molecular weight is 442 g/mol. The van der Waals surface area contributed by atoms with Crippen LogP contribution in [0.3, 0.4) is 0 Å². The first-order valence-electron chi connectivity index (χ1n) is 9.75. The van der Waals surface area contributed by atoms with Crippen LogP contribution in [0.2, 0.25) is 0 Å². The summed E-state index contributed by atoms with van der Waals surface area (Å²) in [7, 11) is 1.58. The Labute approximate surface area is 185 Å². The minimum absolute atomic E-state index is 0.116. The molecule has 33 heavy (non-hydrogen) atoms. The van der Waals surface area contributed by atoms with E-state index in [-0.39, 0.29) is 16.9 Å². The second kappa shape index (κ2) is 7.45. The molecule has 0 fully saturated rings. The number of methoxy groups -OCH3 is 1. The summed E-state index contributed by atoms with van der Waals surface area (Å²) in [6, 6.07) is 16.7. The van der Waals surface area contributed by atoms with Crippen molar-refractivity contribution < 1.29 is 38.5 Å². The highest BCUT2D eigenvalue weighted by atomic mass is 16.6. The van der Waals surface area contributed by atoms with Crippen LogP contribution in [0.25, 0.3) is 21.5 Å². The van der Waals surface area contributed by atoms with Gasteiger partial charge in [-0.05, 0) is 70.1 Å². The van der Waals surface area contributed by atoms with Crippen LogP contribution >= 0.6 is 0 Å². The molecule has 0 radical (unpaired) electrons. The lowest BCUT2D eigenvalue weighted by molar-refractivity contribution is 0.0425. The summed E-state index contributed by atoms with van der Waals surface area (Å²) < 4.78 is 14.1. The molecule has 0 aromatic heterocycles. The Hall–Kier alpha value is -4.72. The van der Waals surface area contributed by atoms with Gasteiger partial charge in [-0.25, -0.2) is 19.2 Å². The van der Waals surface area contributed by atoms with Crippen molar-refractivity contribution in [3.8, 4) is 11.5 Å². The van der Waals surface area contributed by atoms with Crippen LogP contribution in [-0.4, -0.2) is 36.1 Å². The predicted octanol–water partition coefficient (Wildman–Crippen LogP) is 4.02. The normalized spacial score (nSPS) is 13.8. The van der Waals surface area contributed by atoms with Crippen molar-refractivity contribution in [1.29, 1.82) is 0 Å². The minimum atomic E-state index is -0.634. The van der Waals surface area contributed by atoms with Crippen LogP contribution in [0.4, 0.5) is 0 Å². The van der Waals surface area contributed by atoms with Crippen LogP contribution in [-0.2, 0) is 9.47 Å². The summed E-state index contributed by atoms with van der Waals surface area (Å²) in [4.78, 5) is 45.4. The van der Waals surface area contributed by atoms with E-state index in [0.717, 1.165) is 16.2 Å². The van der Waals surface area contributed by atoms with Crippen molar-refractivity contribution in [2.75, 3.05) is 7.11 Å². The molecular formula is C25H14O8. The molecule has 4 aromatic carbocycles. The van der Waals surface area contributed by atoms with Crippen LogP contribution < -0.4 is 4.74 Å². The number of carbonyl (C=O) groups excluding carboxylic acids is 4. The van der Waals surface area contributed by atoms with Gasteiger partial charge < -0.3 is 19.3 Å². The maximum Gasteiger partial charge on any atom is 0.346 e. The van der Waals surface area contributed by atoms with Gasteiger partial charge in [0, 0.05) is 0 Å². The number of esters is 4. The molecule has 0 atom stereocenters. The fourth-order valence-electron chi connectivity index (χ4n) is 3.75. The molecule has 0 bridgehead atoms. The zero-order valence-corrected chi connectivity index (χ0v) is 17.1. The Morgan fingerprint density at radius 1 is 0.576 bits per heavy atom. The van der Waals surface area contributed by atoms with Gasteiger partial charge in [0.2, 0.25) is 0 Å². The second-order valence-electron chi connectivity index (χ2n) is 7.39. The molecule has 8 heteroatoms. The second-order valence-corrected chi connectivity index (χ2v) is 7.39. The maximum atomic E-state index is 11.4. The standard InChI is InChI=1S/C13H8O4.C12H6O4/c1-16-9-3-2-7-5-10-11(6-8(7)4-9)13(15)17-12(10)14;13-8-2-1-6-4-9-10(5-7(6)3-8)12(15)16-11(9)14/h2-6H,1H3;1-5,13H. The Morgan fingerprint density at radius 3 is 1.48 bits per heavy atom. The van der Waals surface area contributed by atoms with Gasteiger partial charge in [0.25, 0.3) is 0 Å². The van der Waals surface area contributed by atoms with Crippen molar-refractivity contribution in [2.45, 2.75) is 0 Å². The van der Waals surface area contributed by atoms with Crippen molar-refractivity contribution in [1.82, 2.24) is 0 Å². The van der Waals surface area contributed by atoms with Gasteiger partial charge >= 0.3 is 23.9 Å². The van der Waals surface area contributed by atoms with Gasteiger partial charge in [0.05, 0.1) is 29.4 Å². The zero-order chi connectivity index (χ0) is 23.3. The minimum Gasteiger partial charge on any atom is -0.508 e. The highest BCUT2D eigenvalue weighted by Gasteiger charge is 2.30. The van der Waals surface area contributed by atoms with E-state index in [4.69, 9.17) is 4.74 Å². The molecule has 4 aromatic rings. The molecule has 0 saturated carbocycles. The Balaban J connectivity index is 0.000000139. The predicted molar refractivity (Wildman–Crippen MR) is 116 cm³/mol. The highest BCUT2D eigenvalue weighted by molar-refractivity contribution is 6.18. The zero-order valence-electron chi connectivity index (χ0n) is 17.1. The summed E-state index contributed by atoms with van der Waals surface area (Å²) in [5.74, 6) is -1.60. The first-order chi connectivity index (χ1) is 15.8. The Morgan fingerprint density at radius 2 is 1.00 bits per heavy atom. The van der Waals surface area contributed by atoms with E-state index in [2.05, 4.69) is 9.47 Å². The van der Waals surface area contributed by atoms with Crippen molar-refractivity contribution in [3.05, 3.63) is 82.9 Å². The summed E-state index contributed by atoms with van der Waals surface area (Å²) >= 11 is 0. The molecule has 6 rings (SSSR count). The number of hydrogen-bond donors (Lipinski definition) is 1. The smallest absolute Gasteiger partial charge is 0.346 e. The third-order valence-electron chi connectivity index (χ3n) is 5.39. The Kier molecular flexibility index (Phi) is 4.56. The number of cyclic esters (lactones) is 4. The van der Waals surface area contributed by atoms with Gasteiger partial charge in [0.15, 0.2) is 0 Å². The molecule has 2 aliphatic rings. The number of benzene rings is 4. The number of phenolic OH excluding ortho intramolecular Hbond substituents is 1. The molecule has 0 saturated heterocycles. The number of carbonyl (C=O) groups is 4. The lowest BCUT2D eigenvalue weighted by Gasteiger charge is -2.03. The van der Waals surface area contributed by atoms with Crippen LogP contribution in [0.15, 0.2) is 60.7 Å². The third kappa shape index (κ3) is 3.43. The van der Waals surface area contributed by atoms with Crippen LogP contribution in [0, 0.1) is 0 Å². The third-order valence-corrected chi connectivity index (χ3v) is 5.39. The average Bonchev–Trinajstić information content (AvgIpc) is 3.24. The molecule has 0 aliphatic carbocycles. The number of ether oxygens (including phenoxy) is 3. The van der Waals surface area contributed by atoms with Crippen molar-refractivity contribution >= 4 is 45.4 Å². The monoisotopic (exact) mass is 442 g/mol. The molecule has 1 N–H and O–H groups in total. The Bertz CT molecular complexity index is 1530. The number of rotatable bonds is 1. The van der Waals surface area contributed by atoms with E-state index in [1.807, 2.05) is 12.1 Å². The van der Waals surface area contributed by atoms with Gasteiger partial charge in [-0.2, -0.15) is 0 Å². The van der Waals surface area contributed by atoms with E-state index >= 15 is 0 Å². The summed E-state index contributed by atoms with van der Waals surface area (Å²) in [6.45, 7) is 0. The maximum absolute atomic E-state index is 11.4. The molecule has 162 valence electrons. The van der Waals surface area contributed by atoms with E-state index in [0.29, 0.717) is 22.3 Å². The van der Waals surface area contributed by atoms with E-state index < -0.39 is 23.9 Å². The SMILES string of the molecule is COc1ccc2cc3c(cc2c1)C(=O)OC3=O.O=C1OC(=O)c2cc3cc(O)ccc3cc21. The number of hydrogen-bond acceptors (Lipinski definition) is 8. The van der Waals surface area contributed by atoms with Gasteiger partial charge in [-0.1, -0.05) is 12.1 Å². The van der Waals surface area contributed by atoms with E-state index in [1.165, 1.54) is 12.1 Å². The van der Waals surface area contributed by atoms with Crippen LogP contribution in [0.1, 0.15) is 41.4 Å². The summed E-state index contributed by atoms with van der Waals surface area (Å²) in [5.41, 5.74) is 1.18. The first kappa shape index (κ1) is 20.2. The van der Waals surface area contributed by atoms with Crippen molar-refractivity contribution in [3.63, 3.8) is 0 Å². The number of aromatic hydroxyl groups is 1. The van der Waals surface area contributed by atoms with Gasteiger partial charge in [0.1, 0.15) is 11.5 Å². The fourth-order valence-corrected chi connectivity index (χ4v) is 3.75. The summed E-state index contributed by atoms with van der Waals surface area (Å²) in [5, 5.41) is 12.5. The molecule has 0 amide bonds. The molecular weight excluding hydrogens is 428 g/mol. The highest BCUT2D eigenvalue weighted by Crippen LogP contribution is 2.29. The quantitative estimate of drug-likeness (QED) is 0.347. The molecule has 2 aliphatic heterocycles. The van der Waals surface area contributed by atoms with E-state index in [9.17, 15) is 24.3 Å². The first-order valence-corrected chi connectivity index (χ1v) is 9.75. The molecule has 0 unspecified atom stereocenters.